The van der Waals surface area contributed by atoms with Crippen LogP contribution in [-0.4, -0.2) is 22.2 Å². The van der Waals surface area contributed by atoms with E-state index in [4.69, 9.17) is 5.11 Å². The summed E-state index contributed by atoms with van der Waals surface area (Å²) in [7, 11) is 0. The number of aliphatic hydroxyl groups excluding tert-OH is 1. The molecule has 0 saturated carbocycles. The first-order chi connectivity index (χ1) is 8.72. The van der Waals surface area contributed by atoms with Gasteiger partial charge in [-0.2, -0.15) is 0 Å². The Labute approximate surface area is 107 Å². The maximum absolute atomic E-state index is 11.1. The van der Waals surface area contributed by atoms with Crippen molar-refractivity contribution in [3.05, 3.63) is 30.5 Å². The number of fused-ring (bicyclic) bond motifs is 1. The van der Waals surface area contributed by atoms with E-state index in [1.807, 2.05) is 48.9 Å². The highest BCUT2D eigenvalue weighted by Gasteiger charge is 2.08. The van der Waals surface area contributed by atoms with Crippen molar-refractivity contribution in [3.8, 4) is 0 Å². The molecule has 2 N–H and O–H groups in total. The Morgan fingerprint density at radius 3 is 2.61 bits per heavy atom. The van der Waals surface area contributed by atoms with Crippen molar-refractivity contribution in [2.75, 3.05) is 11.9 Å². The van der Waals surface area contributed by atoms with Crippen LogP contribution < -0.4 is 5.32 Å². The van der Waals surface area contributed by atoms with E-state index in [0.29, 0.717) is 6.54 Å². The summed E-state index contributed by atoms with van der Waals surface area (Å²) in [5.41, 5.74) is 1.80. The van der Waals surface area contributed by atoms with E-state index >= 15 is 0 Å². The first-order valence-corrected chi connectivity index (χ1v) is 6.18. The molecule has 0 spiro atoms. The van der Waals surface area contributed by atoms with Gasteiger partial charge in [0, 0.05) is 25.1 Å². The average molecular weight is 248 g/mol. The molecule has 1 heterocycles. The summed E-state index contributed by atoms with van der Waals surface area (Å²) in [6.45, 7) is 6.09. The van der Waals surface area contributed by atoms with Gasteiger partial charge in [-0.3, -0.25) is 4.79 Å². The van der Waals surface area contributed by atoms with Gasteiger partial charge in [-0.25, -0.2) is 0 Å². The molecule has 0 bridgehead atoms. The van der Waals surface area contributed by atoms with E-state index < -0.39 is 0 Å². The normalized spacial score (nSPS) is 9.78. The lowest BCUT2D eigenvalue weighted by atomic mass is 10.2. The van der Waals surface area contributed by atoms with Crippen LogP contribution in [0.2, 0.25) is 0 Å². The van der Waals surface area contributed by atoms with Crippen LogP contribution in [0.4, 0.5) is 5.69 Å². The molecule has 0 aliphatic carbocycles. The molecule has 1 amide bonds. The third-order valence-corrected chi connectivity index (χ3v) is 2.44. The van der Waals surface area contributed by atoms with E-state index in [9.17, 15) is 4.79 Å². The zero-order valence-corrected chi connectivity index (χ0v) is 11.1. The third-order valence-electron chi connectivity index (χ3n) is 2.44. The van der Waals surface area contributed by atoms with Crippen LogP contribution in [0.15, 0.2) is 30.5 Å². The van der Waals surface area contributed by atoms with Crippen molar-refractivity contribution in [3.63, 3.8) is 0 Å². The van der Waals surface area contributed by atoms with Gasteiger partial charge in [0.1, 0.15) is 0 Å². The first kappa shape index (κ1) is 14.3. The van der Waals surface area contributed by atoms with Gasteiger partial charge in [0.2, 0.25) is 5.91 Å². The summed E-state index contributed by atoms with van der Waals surface area (Å²) in [5, 5.41) is 12.7. The first-order valence-electron chi connectivity index (χ1n) is 6.18. The number of para-hydroxylation sites is 1. The zero-order valence-electron chi connectivity index (χ0n) is 11.1. The SMILES string of the molecule is CC.CC(=O)Nc1cn(CCO)c2ccccc12. The quantitative estimate of drug-likeness (QED) is 0.877. The van der Waals surface area contributed by atoms with Crippen molar-refractivity contribution in [2.24, 2.45) is 0 Å². The summed E-state index contributed by atoms with van der Waals surface area (Å²) < 4.78 is 1.93. The van der Waals surface area contributed by atoms with Gasteiger partial charge in [-0.15, -0.1) is 0 Å². The Morgan fingerprint density at radius 1 is 1.33 bits per heavy atom. The second kappa shape index (κ2) is 6.81. The summed E-state index contributed by atoms with van der Waals surface area (Å²) in [4.78, 5) is 11.1. The standard InChI is InChI=1S/C12H14N2O2.C2H6/c1-9(16)13-11-8-14(6-7-15)12-5-3-2-4-10(11)12;1-2/h2-5,8,15H,6-7H2,1H3,(H,13,16);1-2H3. The highest BCUT2D eigenvalue weighted by Crippen LogP contribution is 2.25. The summed E-state index contributed by atoms with van der Waals surface area (Å²) in [5.74, 6) is -0.0908. The Hall–Kier alpha value is -1.81. The van der Waals surface area contributed by atoms with Crippen molar-refractivity contribution in [1.82, 2.24) is 4.57 Å². The highest BCUT2D eigenvalue weighted by molar-refractivity contribution is 6.01. The van der Waals surface area contributed by atoms with Gasteiger partial charge in [-0.05, 0) is 6.07 Å². The van der Waals surface area contributed by atoms with E-state index in [0.717, 1.165) is 16.6 Å². The molecule has 0 unspecified atom stereocenters. The van der Waals surface area contributed by atoms with Crippen LogP contribution in [0, 0.1) is 0 Å². The fraction of sp³-hybridized carbons (Fsp3) is 0.357. The number of hydrogen-bond acceptors (Lipinski definition) is 2. The lowest BCUT2D eigenvalue weighted by Gasteiger charge is -2.00. The van der Waals surface area contributed by atoms with Gasteiger partial charge in [0.05, 0.1) is 17.8 Å². The number of hydrogen-bond donors (Lipinski definition) is 2. The van der Waals surface area contributed by atoms with Gasteiger partial charge in [-0.1, -0.05) is 32.0 Å². The van der Waals surface area contributed by atoms with Crippen LogP contribution >= 0.6 is 0 Å². The van der Waals surface area contributed by atoms with Gasteiger partial charge < -0.3 is 15.0 Å². The molecule has 0 aliphatic rings. The summed E-state index contributed by atoms with van der Waals surface area (Å²) in [6.07, 6.45) is 1.85. The molecule has 0 saturated heterocycles. The number of aromatic nitrogens is 1. The van der Waals surface area contributed by atoms with Gasteiger partial charge in [0.15, 0.2) is 0 Å². The molecule has 18 heavy (non-hydrogen) atoms. The number of anilines is 1. The average Bonchev–Trinajstić information content (AvgIpc) is 2.71. The van der Waals surface area contributed by atoms with Crippen LogP contribution in [0.3, 0.4) is 0 Å². The number of carbonyl (C=O) groups is 1. The number of amides is 1. The molecule has 2 rings (SSSR count). The number of carbonyl (C=O) groups excluding carboxylic acids is 1. The number of rotatable bonds is 3. The maximum atomic E-state index is 11.1. The number of aliphatic hydroxyl groups is 1. The smallest absolute Gasteiger partial charge is 0.221 e. The maximum Gasteiger partial charge on any atom is 0.221 e. The minimum absolute atomic E-state index is 0.0815. The van der Waals surface area contributed by atoms with Crippen LogP contribution in [-0.2, 0) is 11.3 Å². The Bertz CT molecular complexity index is 517. The van der Waals surface area contributed by atoms with Gasteiger partial charge in [0.25, 0.3) is 0 Å². The second-order valence-corrected chi connectivity index (χ2v) is 3.66. The Kier molecular flexibility index (Phi) is 5.39. The molecule has 1 aromatic carbocycles. The van der Waals surface area contributed by atoms with Crippen molar-refractivity contribution in [1.29, 1.82) is 0 Å². The van der Waals surface area contributed by atoms with E-state index in [1.54, 1.807) is 0 Å². The predicted octanol–water partition coefficient (Wildman–Crippen LogP) is 2.62. The lowest BCUT2D eigenvalue weighted by molar-refractivity contribution is -0.114. The monoisotopic (exact) mass is 248 g/mol. The second-order valence-electron chi connectivity index (χ2n) is 3.66. The van der Waals surface area contributed by atoms with E-state index in [1.165, 1.54) is 6.92 Å². The van der Waals surface area contributed by atoms with Crippen molar-refractivity contribution < 1.29 is 9.90 Å². The predicted molar refractivity (Wildman–Crippen MR) is 74.7 cm³/mol. The highest BCUT2D eigenvalue weighted by atomic mass is 16.3. The minimum atomic E-state index is -0.0908. The fourth-order valence-electron chi connectivity index (χ4n) is 1.83. The van der Waals surface area contributed by atoms with Crippen LogP contribution in [0.5, 0.6) is 0 Å². The zero-order chi connectivity index (χ0) is 13.5. The lowest BCUT2D eigenvalue weighted by Crippen LogP contribution is -2.05. The largest absolute Gasteiger partial charge is 0.395 e. The van der Waals surface area contributed by atoms with E-state index in [-0.39, 0.29) is 12.5 Å². The topological polar surface area (TPSA) is 54.3 Å². The third kappa shape index (κ3) is 3.11. The van der Waals surface area contributed by atoms with E-state index in [2.05, 4.69) is 5.32 Å². The number of nitrogens with one attached hydrogen (secondary N) is 1. The van der Waals surface area contributed by atoms with Crippen LogP contribution in [0.25, 0.3) is 10.9 Å². The molecular formula is C14H20N2O2. The molecule has 4 heteroatoms. The fourth-order valence-corrected chi connectivity index (χ4v) is 1.83. The number of benzene rings is 1. The summed E-state index contributed by atoms with van der Waals surface area (Å²) in [6, 6.07) is 7.79. The molecule has 98 valence electrons. The summed E-state index contributed by atoms with van der Waals surface area (Å²) >= 11 is 0. The molecule has 0 radical (unpaired) electrons. The molecule has 1 aromatic heterocycles. The van der Waals surface area contributed by atoms with Gasteiger partial charge >= 0.3 is 0 Å². The molecular weight excluding hydrogens is 228 g/mol. The molecule has 2 aromatic rings. The molecule has 4 nitrogen and oxygen atoms in total. The molecule has 0 atom stereocenters. The Balaban J connectivity index is 0.000000771. The Morgan fingerprint density at radius 2 is 2.00 bits per heavy atom. The molecule has 0 fully saturated rings. The minimum Gasteiger partial charge on any atom is -0.395 e. The number of nitrogens with zero attached hydrogens (tertiary/aromatic N) is 1. The molecule has 0 aliphatic heterocycles. The van der Waals surface area contributed by atoms with Crippen molar-refractivity contribution in [2.45, 2.75) is 27.3 Å². The van der Waals surface area contributed by atoms with Crippen molar-refractivity contribution >= 4 is 22.5 Å². The van der Waals surface area contributed by atoms with Crippen LogP contribution in [0.1, 0.15) is 20.8 Å².